The molecule has 0 aromatic carbocycles. The number of ketones is 1. The number of fused-ring (bicyclic) bond motifs is 5. The first-order valence-corrected chi connectivity index (χ1v) is 13.4. The molecule has 9 atom stereocenters. The lowest BCUT2D eigenvalue weighted by Crippen LogP contribution is -2.62. The zero-order valence-electron chi connectivity index (χ0n) is 22.2. The molecule has 7 heteroatoms. The van der Waals surface area contributed by atoms with E-state index in [2.05, 4.69) is 13.8 Å². The molecule has 0 radical (unpaired) electrons. The summed E-state index contributed by atoms with van der Waals surface area (Å²) in [6.07, 6.45) is 7.72. The van der Waals surface area contributed by atoms with Gasteiger partial charge in [0.1, 0.15) is 6.10 Å². The molecule has 0 unspecified atom stereocenters. The van der Waals surface area contributed by atoms with Crippen molar-refractivity contribution in [2.75, 3.05) is 6.61 Å². The van der Waals surface area contributed by atoms with Gasteiger partial charge < -0.3 is 14.2 Å². The van der Waals surface area contributed by atoms with E-state index in [-0.39, 0.29) is 41.7 Å². The SMILES string of the molecule is CC(=O)OCC(=O)[C@@]1(OC(C)=O)[C@H](C)C[C@H]2[C@@H]3CC[C@H]4C[C@H](OC(C)=O)CC[C@]4(C)[C@H]3CC[C@@]21C. The summed E-state index contributed by atoms with van der Waals surface area (Å²) in [5, 5.41) is 0. The molecule has 4 aliphatic carbocycles. The highest BCUT2D eigenvalue weighted by molar-refractivity contribution is 5.93. The summed E-state index contributed by atoms with van der Waals surface area (Å²) in [6.45, 7) is 10.4. The maximum absolute atomic E-state index is 13.7. The zero-order chi connectivity index (χ0) is 25.8. The van der Waals surface area contributed by atoms with Crippen LogP contribution in [0.4, 0.5) is 0 Å². The van der Waals surface area contributed by atoms with Crippen LogP contribution in [0.1, 0.15) is 92.9 Å². The van der Waals surface area contributed by atoms with Crippen molar-refractivity contribution < 1.29 is 33.4 Å². The van der Waals surface area contributed by atoms with Crippen molar-refractivity contribution in [2.45, 2.75) is 105 Å². The topological polar surface area (TPSA) is 96.0 Å². The van der Waals surface area contributed by atoms with Crippen LogP contribution in [0, 0.1) is 40.4 Å². The van der Waals surface area contributed by atoms with Gasteiger partial charge in [0, 0.05) is 32.1 Å². The van der Waals surface area contributed by atoms with Gasteiger partial charge in [-0.25, -0.2) is 0 Å². The highest BCUT2D eigenvalue weighted by atomic mass is 16.6. The van der Waals surface area contributed by atoms with E-state index in [9.17, 15) is 19.2 Å². The monoisotopic (exact) mass is 490 g/mol. The summed E-state index contributed by atoms with van der Waals surface area (Å²) in [4.78, 5) is 49.0. The maximum Gasteiger partial charge on any atom is 0.303 e. The lowest BCUT2D eigenvalue weighted by atomic mass is 9.44. The number of ether oxygens (including phenoxy) is 3. The van der Waals surface area contributed by atoms with E-state index in [1.165, 1.54) is 20.8 Å². The molecule has 4 rings (SSSR count). The predicted molar refractivity (Wildman–Crippen MR) is 128 cm³/mol. The third-order valence-electron chi connectivity index (χ3n) is 10.6. The van der Waals surface area contributed by atoms with Gasteiger partial charge in [0.05, 0.1) is 0 Å². The van der Waals surface area contributed by atoms with Crippen molar-refractivity contribution in [2.24, 2.45) is 40.4 Å². The largest absolute Gasteiger partial charge is 0.463 e. The Bertz CT molecular complexity index is 898. The highest BCUT2D eigenvalue weighted by Gasteiger charge is 2.71. The Hall–Kier alpha value is -1.92. The number of carbonyl (C=O) groups excluding carboxylic acids is 4. The van der Waals surface area contributed by atoms with Gasteiger partial charge >= 0.3 is 17.9 Å². The van der Waals surface area contributed by atoms with Gasteiger partial charge in [0.2, 0.25) is 5.78 Å². The van der Waals surface area contributed by atoms with Gasteiger partial charge in [0.15, 0.2) is 12.2 Å². The zero-order valence-corrected chi connectivity index (χ0v) is 22.2. The Morgan fingerprint density at radius 1 is 0.829 bits per heavy atom. The van der Waals surface area contributed by atoms with Gasteiger partial charge in [-0.1, -0.05) is 20.8 Å². The first kappa shape index (κ1) is 26.2. The fraction of sp³-hybridized carbons (Fsp3) is 0.857. The second kappa shape index (κ2) is 9.19. The quantitative estimate of drug-likeness (QED) is 0.409. The van der Waals surface area contributed by atoms with Gasteiger partial charge in [-0.15, -0.1) is 0 Å². The molecule has 35 heavy (non-hydrogen) atoms. The van der Waals surface area contributed by atoms with Crippen LogP contribution in [0.25, 0.3) is 0 Å². The van der Waals surface area contributed by atoms with Crippen molar-refractivity contribution in [3.05, 3.63) is 0 Å². The number of carbonyl (C=O) groups is 4. The van der Waals surface area contributed by atoms with Gasteiger partial charge in [-0.2, -0.15) is 0 Å². The minimum atomic E-state index is -1.27. The standard InChI is InChI=1S/C28H42O7/c1-16-13-24-22-8-7-20-14-21(34-18(3)30)9-11-26(20,5)23(22)10-12-27(24,6)28(16,35-19(4)31)25(32)15-33-17(2)29/h16,20-24H,7-15H2,1-6H3/t16-,20+,21-,22-,23+,24+,26+,27+,28+/m1/s1. The number of rotatable bonds is 5. The van der Waals surface area contributed by atoms with Crippen molar-refractivity contribution in [1.29, 1.82) is 0 Å². The summed E-state index contributed by atoms with van der Waals surface area (Å²) < 4.78 is 16.7. The molecule has 4 saturated carbocycles. The lowest BCUT2D eigenvalue weighted by molar-refractivity contribution is -0.201. The average molecular weight is 491 g/mol. The molecular formula is C28H42O7. The van der Waals surface area contributed by atoms with Gasteiger partial charge in [-0.3, -0.25) is 19.2 Å². The molecule has 0 saturated heterocycles. The van der Waals surface area contributed by atoms with E-state index in [1.54, 1.807) is 0 Å². The molecule has 4 fully saturated rings. The molecule has 0 N–H and O–H groups in total. The molecule has 4 aliphatic rings. The molecule has 0 aromatic heterocycles. The molecule has 0 amide bonds. The van der Waals surface area contributed by atoms with Crippen molar-refractivity contribution in [3.8, 4) is 0 Å². The number of esters is 3. The van der Waals surface area contributed by atoms with E-state index in [1.807, 2.05) is 6.92 Å². The summed E-state index contributed by atoms with van der Waals surface area (Å²) in [7, 11) is 0. The Kier molecular flexibility index (Phi) is 6.86. The Morgan fingerprint density at radius 2 is 1.54 bits per heavy atom. The lowest BCUT2D eigenvalue weighted by Gasteiger charge is -2.61. The van der Waals surface area contributed by atoms with Crippen LogP contribution in [0.15, 0.2) is 0 Å². The molecule has 0 aromatic rings. The Balaban J connectivity index is 1.62. The first-order valence-electron chi connectivity index (χ1n) is 13.4. The number of Topliss-reactive ketones (excluding diaryl/α,β-unsaturated/α-hetero) is 1. The third kappa shape index (κ3) is 4.11. The van der Waals surface area contributed by atoms with E-state index in [4.69, 9.17) is 14.2 Å². The third-order valence-corrected chi connectivity index (χ3v) is 10.6. The van der Waals surface area contributed by atoms with Crippen LogP contribution in [0.3, 0.4) is 0 Å². The minimum Gasteiger partial charge on any atom is -0.463 e. The molecule has 7 nitrogen and oxygen atoms in total. The summed E-state index contributed by atoms with van der Waals surface area (Å²) in [5.74, 6) is 0.201. The molecule has 0 heterocycles. The van der Waals surface area contributed by atoms with Crippen LogP contribution < -0.4 is 0 Å². The highest BCUT2D eigenvalue weighted by Crippen LogP contribution is 2.70. The van der Waals surface area contributed by atoms with Crippen LogP contribution >= 0.6 is 0 Å². The molecule has 0 bridgehead atoms. The molecule has 196 valence electrons. The van der Waals surface area contributed by atoms with Crippen LogP contribution in [0.5, 0.6) is 0 Å². The van der Waals surface area contributed by atoms with E-state index in [0.717, 1.165) is 51.4 Å². The molecule has 0 aliphatic heterocycles. The van der Waals surface area contributed by atoms with Crippen molar-refractivity contribution >= 4 is 23.7 Å². The van der Waals surface area contributed by atoms with Crippen molar-refractivity contribution in [3.63, 3.8) is 0 Å². The minimum absolute atomic E-state index is 0.0259. The normalized spacial score (nSPS) is 44.3. The smallest absolute Gasteiger partial charge is 0.303 e. The summed E-state index contributed by atoms with van der Waals surface area (Å²) in [5.41, 5.74) is -1.57. The second-order valence-electron chi connectivity index (χ2n) is 12.3. The average Bonchev–Trinajstić information content (AvgIpc) is 2.99. The maximum atomic E-state index is 13.7. The van der Waals surface area contributed by atoms with Gasteiger partial charge in [-0.05, 0) is 80.5 Å². The molecule has 0 spiro atoms. The van der Waals surface area contributed by atoms with Crippen LogP contribution in [-0.2, 0) is 33.4 Å². The fourth-order valence-corrected chi connectivity index (χ4v) is 9.25. The van der Waals surface area contributed by atoms with E-state index < -0.39 is 23.0 Å². The summed E-state index contributed by atoms with van der Waals surface area (Å²) in [6, 6.07) is 0. The molecular weight excluding hydrogens is 448 g/mol. The van der Waals surface area contributed by atoms with Crippen LogP contribution in [-0.4, -0.2) is 42.0 Å². The van der Waals surface area contributed by atoms with Crippen molar-refractivity contribution in [1.82, 2.24) is 0 Å². The number of hydrogen-bond acceptors (Lipinski definition) is 7. The van der Waals surface area contributed by atoms with E-state index >= 15 is 0 Å². The van der Waals surface area contributed by atoms with Crippen LogP contribution in [0.2, 0.25) is 0 Å². The predicted octanol–water partition coefficient (Wildman–Crippen LogP) is 4.64. The summed E-state index contributed by atoms with van der Waals surface area (Å²) >= 11 is 0. The van der Waals surface area contributed by atoms with Gasteiger partial charge in [0.25, 0.3) is 0 Å². The fourth-order valence-electron chi connectivity index (χ4n) is 9.25. The van der Waals surface area contributed by atoms with E-state index in [0.29, 0.717) is 17.8 Å². The second-order valence-corrected chi connectivity index (χ2v) is 12.3. The number of hydrogen-bond donors (Lipinski definition) is 0. The Labute approximate surface area is 209 Å². The Morgan fingerprint density at radius 3 is 2.17 bits per heavy atom. The first-order chi connectivity index (χ1) is 16.3.